The second-order valence-electron chi connectivity index (χ2n) is 6.40. The van der Waals surface area contributed by atoms with E-state index in [2.05, 4.69) is 0 Å². The number of carbonyl (C=O) groups is 2. The Morgan fingerprint density at radius 2 is 1.44 bits per heavy atom. The minimum absolute atomic E-state index is 0.137. The standard InChI is InChI=1S/C20H15NO5S/c1-12-6-9-14(10-7-12)27(24,25)26-21-19(22)16-5-3-4-15-13(2)8-11-17(18(15)16)20(21)23/h3-11H,1-2H3. The smallest absolute Gasteiger partial charge is 0.266 e. The van der Waals surface area contributed by atoms with Gasteiger partial charge in [0, 0.05) is 5.39 Å². The molecule has 1 heterocycles. The third kappa shape index (κ3) is 2.72. The molecule has 1 aliphatic rings. The molecule has 0 aromatic heterocycles. The summed E-state index contributed by atoms with van der Waals surface area (Å²) in [5.41, 5.74) is 2.24. The number of hydrogen-bond acceptors (Lipinski definition) is 5. The molecule has 0 saturated carbocycles. The Balaban J connectivity index is 1.80. The van der Waals surface area contributed by atoms with Gasteiger partial charge in [0.25, 0.3) is 11.8 Å². The Labute approximate surface area is 156 Å². The van der Waals surface area contributed by atoms with Gasteiger partial charge in [-0.1, -0.05) is 35.9 Å². The fourth-order valence-electron chi connectivity index (χ4n) is 3.13. The number of imide groups is 1. The molecule has 2 amide bonds. The van der Waals surface area contributed by atoms with Crippen LogP contribution >= 0.6 is 0 Å². The maximum atomic E-state index is 12.8. The van der Waals surface area contributed by atoms with E-state index in [0.29, 0.717) is 10.4 Å². The minimum Gasteiger partial charge on any atom is -0.266 e. The summed E-state index contributed by atoms with van der Waals surface area (Å²) in [6.07, 6.45) is 0. The number of hydroxylamine groups is 2. The molecule has 136 valence electrons. The van der Waals surface area contributed by atoms with Crippen molar-refractivity contribution in [2.45, 2.75) is 18.7 Å². The first-order chi connectivity index (χ1) is 12.8. The number of nitrogens with zero attached hydrogens (tertiary/aromatic N) is 1. The van der Waals surface area contributed by atoms with E-state index < -0.39 is 21.9 Å². The van der Waals surface area contributed by atoms with Crippen molar-refractivity contribution < 1.29 is 22.3 Å². The molecule has 0 aliphatic carbocycles. The van der Waals surface area contributed by atoms with Crippen molar-refractivity contribution in [3.05, 3.63) is 76.9 Å². The Hall–Kier alpha value is -3.03. The van der Waals surface area contributed by atoms with E-state index in [1.807, 2.05) is 19.9 Å². The fraction of sp³-hybridized carbons (Fsp3) is 0.100. The zero-order chi connectivity index (χ0) is 19.3. The zero-order valence-corrected chi connectivity index (χ0v) is 15.4. The second-order valence-corrected chi connectivity index (χ2v) is 7.93. The average Bonchev–Trinajstić information content (AvgIpc) is 2.65. The summed E-state index contributed by atoms with van der Waals surface area (Å²) in [5.74, 6) is -1.61. The van der Waals surface area contributed by atoms with E-state index in [0.717, 1.165) is 16.5 Å². The molecular formula is C20H15NO5S. The van der Waals surface area contributed by atoms with Crippen LogP contribution in [0.1, 0.15) is 31.8 Å². The van der Waals surface area contributed by atoms with Gasteiger partial charge in [0.1, 0.15) is 0 Å². The molecule has 0 fully saturated rings. The van der Waals surface area contributed by atoms with Gasteiger partial charge >= 0.3 is 10.1 Å². The van der Waals surface area contributed by atoms with E-state index in [4.69, 9.17) is 4.28 Å². The summed E-state index contributed by atoms with van der Waals surface area (Å²) >= 11 is 0. The monoisotopic (exact) mass is 381 g/mol. The SMILES string of the molecule is Cc1ccc(S(=O)(=O)ON2C(=O)c3cccc4c(C)ccc(c34)C2=O)cc1. The van der Waals surface area contributed by atoms with E-state index >= 15 is 0 Å². The largest absolute Gasteiger partial charge is 0.318 e. The van der Waals surface area contributed by atoms with Crippen LogP contribution in [0.5, 0.6) is 0 Å². The highest BCUT2D eigenvalue weighted by atomic mass is 32.2. The van der Waals surface area contributed by atoms with E-state index in [9.17, 15) is 18.0 Å². The maximum absolute atomic E-state index is 12.8. The summed E-state index contributed by atoms with van der Waals surface area (Å²) in [6.45, 7) is 3.69. The van der Waals surface area contributed by atoms with Crippen LogP contribution in [-0.4, -0.2) is 25.3 Å². The van der Waals surface area contributed by atoms with Gasteiger partial charge in [0.05, 0.1) is 16.0 Å². The van der Waals surface area contributed by atoms with Crippen molar-refractivity contribution in [1.29, 1.82) is 0 Å². The van der Waals surface area contributed by atoms with Gasteiger partial charge in [-0.3, -0.25) is 9.59 Å². The molecular weight excluding hydrogens is 366 g/mol. The van der Waals surface area contributed by atoms with Crippen LogP contribution in [0.4, 0.5) is 0 Å². The zero-order valence-electron chi connectivity index (χ0n) is 14.6. The predicted molar refractivity (Wildman–Crippen MR) is 98.6 cm³/mol. The molecule has 7 heteroatoms. The number of benzene rings is 3. The molecule has 0 atom stereocenters. The molecule has 1 aliphatic heterocycles. The quantitative estimate of drug-likeness (QED) is 0.650. The number of amides is 2. The van der Waals surface area contributed by atoms with Gasteiger partial charge in [0.2, 0.25) is 0 Å². The number of carbonyl (C=O) groups excluding carboxylic acids is 2. The molecule has 27 heavy (non-hydrogen) atoms. The fourth-order valence-corrected chi connectivity index (χ4v) is 4.02. The number of rotatable bonds is 3. The molecule has 0 radical (unpaired) electrons. The Morgan fingerprint density at radius 3 is 2.11 bits per heavy atom. The van der Waals surface area contributed by atoms with Gasteiger partial charge in [-0.05, 0) is 49.1 Å². The Kier molecular flexibility index (Phi) is 3.87. The molecule has 0 spiro atoms. The summed E-state index contributed by atoms with van der Waals surface area (Å²) in [7, 11) is -4.34. The van der Waals surface area contributed by atoms with Crippen molar-refractivity contribution in [2.75, 3.05) is 0 Å². The lowest BCUT2D eigenvalue weighted by molar-refractivity contribution is -0.0155. The van der Waals surface area contributed by atoms with Crippen LogP contribution in [0.3, 0.4) is 0 Å². The highest BCUT2D eigenvalue weighted by Gasteiger charge is 2.37. The highest BCUT2D eigenvalue weighted by molar-refractivity contribution is 7.86. The molecule has 0 bridgehead atoms. The van der Waals surface area contributed by atoms with Gasteiger partial charge < -0.3 is 0 Å². The van der Waals surface area contributed by atoms with Crippen molar-refractivity contribution in [3.8, 4) is 0 Å². The van der Waals surface area contributed by atoms with Gasteiger partial charge in [0.15, 0.2) is 0 Å². The van der Waals surface area contributed by atoms with Gasteiger partial charge in [-0.15, -0.1) is 9.35 Å². The Morgan fingerprint density at radius 1 is 0.815 bits per heavy atom. The molecule has 0 N–H and O–H groups in total. The first kappa shape index (κ1) is 17.4. The average molecular weight is 381 g/mol. The van der Waals surface area contributed by atoms with Crippen LogP contribution in [-0.2, 0) is 14.4 Å². The van der Waals surface area contributed by atoms with Crippen molar-refractivity contribution in [2.24, 2.45) is 0 Å². The maximum Gasteiger partial charge on any atom is 0.318 e. The first-order valence-corrected chi connectivity index (χ1v) is 9.63. The molecule has 4 rings (SSSR count). The highest BCUT2D eigenvalue weighted by Crippen LogP contribution is 2.32. The van der Waals surface area contributed by atoms with Crippen molar-refractivity contribution >= 4 is 32.7 Å². The lowest BCUT2D eigenvalue weighted by Crippen LogP contribution is -2.41. The molecule has 3 aromatic carbocycles. The third-order valence-corrected chi connectivity index (χ3v) is 5.77. The van der Waals surface area contributed by atoms with Crippen molar-refractivity contribution in [1.82, 2.24) is 5.06 Å². The molecule has 6 nitrogen and oxygen atoms in total. The van der Waals surface area contributed by atoms with E-state index in [1.54, 1.807) is 36.4 Å². The van der Waals surface area contributed by atoms with Crippen LogP contribution in [0.2, 0.25) is 0 Å². The molecule has 3 aromatic rings. The lowest BCUT2D eigenvalue weighted by atomic mass is 9.92. The third-order valence-electron chi connectivity index (χ3n) is 4.57. The van der Waals surface area contributed by atoms with Gasteiger partial charge in [-0.2, -0.15) is 8.42 Å². The number of aryl methyl sites for hydroxylation is 2. The minimum atomic E-state index is -4.34. The van der Waals surface area contributed by atoms with Crippen LogP contribution in [0.15, 0.2) is 59.5 Å². The van der Waals surface area contributed by atoms with Crippen LogP contribution in [0, 0.1) is 13.8 Å². The van der Waals surface area contributed by atoms with Crippen LogP contribution < -0.4 is 0 Å². The van der Waals surface area contributed by atoms with Gasteiger partial charge in [-0.25, -0.2) is 0 Å². The molecule has 0 unspecified atom stereocenters. The number of hydrogen-bond donors (Lipinski definition) is 0. The summed E-state index contributed by atoms with van der Waals surface area (Å²) in [5, 5.41) is 1.61. The van der Waals surface area contributed by atoms with Crippen molar-refractivity contribution in [3.63, 3.8) is 0 Å². The molecule has 0 saturated heterocycles. The normalized spacial score (nSPS) is 14.1. The first-order valence-electron chi connectivity index (χ1n) is 8.22. The van der Waals surface area contributed by atoms with Crippen LogP contribution in [0.25, 0.3) is 10.8 Å². The van der Waals surface area contributed by atoms with E-state index in [1.165, 1.54) is 12.1 Å². The summed E-state index contributed by atoms with van der Waals surface area (Å²) < 4.78 is 30.0. The predicted octanol–water partition coefficient (Wildman–Crippen LogP) is 3.37. The summed E-state index contributed by atoms with van der Waals surface area (Å²) in [6, 6.07) is 14.3. The summed E-state index contributed by atoms with van der Waals surface area (Å²) in [4.78, 5) is 25.5. The Bertz CT molecular complexity index is 1190. The second kappa shape index (κ2) is 6.00. The van der Waals surface area contributed by atoms with E-state index in [-0.39, 0.29) is 16.0 Å². The topological polar surface area (TPSA) is 80.8 Å². The lowest BCUT2D eigenvalue weighted by Gasteiger charge is -2.25.